The number of carbonyl (C=O) groups excluding carboxylic acids is 1. The molecule has 2 heterocycles. The third-order valence-electron chi connectivity index (χ3n) is 5.61. The van der Waals surface area contributed by atoms with Gasteiger partial charge in [-0.15, -0.1) is 0 Å². The number of aromatic nitrogens is 2. The van der Waals surface area contributed by atoms with Crippen molar-refractivity contribution in [1.82, 2.24) is 19.0 Å². The van der Waals surface area contributed by atoms with Crippen LogP contribution in [0.4, 0.5) is 4.39 Å². The van der Waals surface area contributed by atoms with E-state index in [9.17, 15) is 9.18 Å². The van der Waals surface area contributed by atoms with Crippen LogP contribution in [0.25, 0.3) is 11.0 Å². The number of fused-ring (bicyclic) bond motifs is 1. The summed E-state index contributed by atoms with van der Waals surface area (Å²) in [6.45, 7) is 3.53. The maximum absolute atomic E-state index is 12.9. The zero-order chi connectivity index (χ0) is 20.1. The highest BCUT2D eigenvalue weighted by Crippen LogP contribution is 2.24. The van der Waals surface area contributed by atoms with Gasteiger partial charge in [0.1, 0.15) is 16.9 Å². The number of benzene rings is 2. The lowest BCUT2D eigenvalue weighted by molar-refractivity contribution is -0.121. The Labute approximate surface area is 174 Å². The standard InChI is InChI=1S/C22H25FN4OS/c23-19-5-1-17(2-6-19)14-24-22(28)8-4-16-9-11-27(12-10-16)15-18-3-7-20-21(13-18)26-29-25-20/h1-3,5-7,13,16H,4,8-12,14-15H2,(H,24,28). The molecule has 0 bridgehead atoms. The van der Waals surface area contributed by atoms with Gasteiger partial charge >= 0.3 is 0 Å². The zero-order valence-electron chi connectivity index (χ0n) is 16.3. The van der Waals surface area contributed by atoms with E-state index in [0.29, 0.717) is 18.9 Å². The second kappa shape index (κ2) is 9.41. The van der Waals surface area contributed by atoms with Crippen LogP contribution in [-0.2, 0) is 17.9 Å². The van der Waals surface area contributed by atoms with E-state index in [1.54, 1.807) is 12.1 Å². The first-order valence-electron chi connectivity index (χ1n) is 10.1. The SMILES string of the molecule is O=C(CCC1CCN(Cc2ccc3nsnc3c2)CC1)NCc1ccc(F)cc1. The van der Waals surface area contributed by atoms with Crippen molar-refractivity contribution in [1.29, 1.82) is 0 Å². The van der Waals surface area contributed by atoms with Gasteiger partial charge in [0.05, 0.1) is 11.7 Å². The van der Waals surface area contributed by atoms with Crippen molar-refractivity contribution in [2.24, 2.45) is 5.92 Å². The Bertz CT molecular complexity index is 951. The second-order valence-corrected chi connectivity index (χ2v) is 8.28. The summed E-state index contributed by atoms with van der Waals surface area (Å²) in [6.07, 6.45) is 3.75. The first-order chi connectivity index (χ1) is 14.2. The number of halogens is 1. The fraction of sp³-hybridized carbons (Fsp3) is 0.409. The van der Waals surface area contributed by atoms with Gasteiger partial charge in [0.15, 0.2) is 0 Å². The van der Waals surface area contributed by atoms with Crippen LogP contribution < -0.4 is 5.32 Å². The second-order valence-electron chi connectivity index (χ2n) is 7.75. The Morgan fingerprint density at radius 1 is 1.07 bits per heavy atom. The quantitative estimate of drug-likeness (QED) is 0.634. The van der Waals surface area contributed by atoms with E-state index in [0.717, 1.165) is 55.5 Å². The first-order valence-corrected chi connectivity index (χ1v) is 10.8. The number of carbonyl (C=O) groups is 1. The normalized spacial score (nSPS) is 15.6. The molecule has 1 amide bonds. The molecule has 3 aromatic rings. The number of hydrogen-bond donors (Lipinski definition) is 1. The van der Waals surface area contributed by atoms with E-state index in [-0.39, 0.29) is 11.7 Å². The Kier molecular flexibility index (Phi) is 6.46. The first kappa shape index (κ1) is 19.9. The topological polar surface area (TPSA) is 58.1 Å². The van der Waals surface area contributed by atoms with Crippen molar-refractivity contribution in [2.45, 2.75) is 38.8 Å². The van der Waals surface area contributed by atoms with Crippen LogP contribution >= 0.6 is 11.7 Å². The van der Waals surface area contributed by atoms with E-state index in [1.807, 2.05) is 6.07 Å². The van der Waals surface area contributed by atoms with Gasteiger partial charge in [0.25, 0.3) is 0 Å². The molecular weight excluding hydrogens is 387 g/mol. The molecule has 1 aliphatic heterocycles. The van der Waals surface area contributed by atoms with Crippen LogP contribution in [0.5, 0.6) is 0 Å². The average molecular weight is 413 g/mol. The van der Waals surface area contributed by atoms with Crippen LogP contribution in [0.1, 0.15) is 36.8 Å². The maximum Gasteiger partial charge on any atom is 0.220 e. The fourth-order valence-electron chi connectivity index (χ4n) is 3.84. The fourth-order valence-corrected chi connectivity index (χ4v) is 4.36. The smallest absolute Gasteiger partial charge is 0.220 e. The Balaban J connectivity index is 1.16. The minimum atomic E-state index is -0.257. The molecule has 0 radical (unpaired) electrons. The predicted molar refractivity (Wildman–Crippen MR) is 113 cm³/mol. The molecule has 4 rings (SSSR count). The molecule has 29 heavy (non-hydrogen) atoms. The summed E-state index contributed by atoms with van der Waals surface area (Å²) >= 11 is 1.26. The maximum atomic E-state index is 12.9. The molecule has 1 saturated heterocycles. The van der Waals surface area contributed by atoms with Gasteiger partial charge < -0.3 is 5.32 Å². The van der Waals surface area contributed by atoms with Gasteiger partial charge in [0.2, 0.25) is 5.91 Å². The Hall–Kier alpha value is -2.38. The molecule has 0 unspecified atom stereocenters. The highest BCUT2D eigenvalue weighted by Gasteiger charge is 2.20. The molecule has 1 aliphatic rings. The number of hydrogen-bond acceptors (Lipinski definition) is 5. The third-order valence-corrected chi connectivity index (χ3v) is 6.17. The van der Waals surface area contributed by atoms with E-state index < -0.39 is 0 Å². The average Bonchev–Trinajstić information content (AvgIpc) is 3.21. The van der Waals surface area contributed by atoms with Crippen LogP contribution in [0.15, 0.2) is 42.5 Å². The summed E-state index contributed by atoms with van der Waals surface area (Å²) in [7, 11) is 0. The number of nitrogens with one attached hydrogen (secondary N) is 1. The summed E-state index contributed by atoms with van der Waals surface area (Å²) in [5, 5.41) is 2.93. The number of piperidine rings is 1. The molecule has 0 spiro atoms. The monoisotopic (exact) mass is 412 g/mol. The molecule has 7 heteroatoms. The summed E-state index contributed by atoms with van der Waals surface area (Å²) in [5.74, 6) is 0.419. The Morgan fingerprint density at radius 3 is 2.59 bits per heavy atom. The lowest BCUT2D eigenvalue weighted by atomic mass is 9.92. The van der Waals surface area contributed by atoms with E-state index >= 15 is 0 Å². The molecule has 1 aromatic heterocycles. The van der Waals surface area contributed by atoms with Crippen molar-refractivity contribution in [3.05, 3.63) is 59.4 Å². The van der Waals surface area contributed by atoms with Gasteiger partial charge in [-0.2, -0.15) is 8.75 Å². The minimum absolute atomic E-state index is 0.0712. The molecule has 0 saturated carbocycles. The predicted octanol–water partition coefficient (Wildman–Crippen LogP) is 4.14. The number of nitrogens with zero attached hydrogens (tertiary/aromatic N) is 3. The van der Waals surface area contributed by atoms with Crippen molar-refractivity contribution in [3.8, 4) is 0 Å². The zero-order valence-corrected chi connectivity index (χ0v) is 17.1. The van der Waals surface area contributed by atoms with Crippen molar-refractivity contribution in [3.63, 3.8) is 0 Å². The summed E-state index contributed by atoms with van der Waals surface area (Å²) < 4.78 is 21.5. The van der Waals surface area contributed by atoms with Crippen LogP contribution in [0.3, 0.4) is 0 Å². The van der Waals surface area contributed by atoms with Gasteiger partial charge in [-0.05, 0) is 73.7 Å². The lowest BCUT2D eigenvalue weighted by Gasteiger charge is -2.32. The molecule has 152 valence electrons. The van der Waals surface area contributed by atoms with Gasteiger partial charge in [-0.1, -0.05) is 18.2 Å². The molecule has 5 nitrogen and oxygen atoms in total. The van der Waals surface area contributed by atoms with Crippen molar-refractivity contribution < 1.29 is 9.18 Å². The molecule has 0 aliphatic carbocycles. The van der Waals surface area contributed by atoms with Gasteiger partial charge in [0, 0.05) is 19.5 Å². The number of amides is 1. The highest BCUT2D eigenvalue weighted by atomic mass is 32.1. The number of rotatable bonds is 7. The van der Waals surface area contributed by atoms with E-state index in [4.69, 9.17) is 0 Å². The van der Waals surface area contributed by atoms with Crippen molar-refractivity contribution in [2.75, 3.05) is 13.1 Å². The Morgan fingerprint density at radius 2 is 1.79 bits per heavy atom. The largest absolute Gasteiger partial charge is 0.352 e. The summed E-state index contributed by atoms with van der Waals surface area (Å²) in [6, 6.07) is 12.6. The van der Waals surface area contributed by atoms with E-state index in [1.165, 1.54) is 29.4 Å². The molecule has 1 fully saturated rings. The van der Waals surface area contributed by atoms with Gasteiger partial charge in [-0.3, -0.25) is 9.69 Å². The molecular formula is C22H25FN4OS. The van der Waals surface area contributed by atoms with Crippen molar-refractivity contribution >= 4 is 28.7 Å². The third kappa shape index (κ3) is 5.58. The summed E-state index contributed by atoms with van der Waals surface area (Å²) in [5.41, 5.74) is 4.15. The minimum Gasteiger partial charge on any atom is -0.352 e. The number of likely N-dealkylation sites (tertiary alicyclic amines) is 1. The molecule has 2 aromatic carbocycles. The molecule has 0 atom stereocenters. The van der Waals surface area contributed by atoms with E-state index in [2.05, 4.69) is 31.1 Å². The van der Waals surface area contributed by atoms with Crippen LogP contribution in [-0.4, -0.2) is 32.6 Å². The van der Waals surface area contributed by atoms with Crippen LogP contribution in [0, 0.1) is 11.7 Å². The highest BCUT2D eigenvalue weighted by molar-refractivity contribution is 7.00. The lowest BCUT2D eigenvalue weighted by Crippen LogP contribution is -2.33. The van der Waals surface area contributed by atoms with Crippen LogP contribution in [0.2, 0.25) is 0 Å². The van der Waals surface area contributed by atoms with Gasteiger partial charge in [-0.25, -0.2) is 4.39 Å². The summed E-state index contributed by atoms with van der Waals surface area (Å²) in [4.78, 5) is 14.6. The molecule has 1 N–H and O–H groups in total.